The molecule has 0 unspecified atom stereocenters. The molecule has 1 aliphatic heterocycles. The molecule has 0 atom stereocenters. The molecule has 0 bridgehead atoms. The van der Waals surface area contributed by atoms with Gasteiger partial charge in [0.05, 0.1) is 0 Å². The lowest BCUT2D eigenvalue weighted by Crippen LogP contribution is -2.33. The summed E-state index contributed by atoms with van der Waals surface area (Å²) >= 11 is 0. The zero-order valence-electron chi connectivity index (χ0n) is 14.2. The molecule has 0 aliphatic carbocycles. The van der Waals surface area contributed by atoms with Gasteiger partial charge in [0.15, 0.2) is 0 Å². The minimum Gasteiger partial charge on any atom is -0.356 e. The molecule has 3 aromatic heterocycles. The van der Waals surface area contributed by atoms with Crippen LogP contribution in [0.2, 0.25) is 0 Å². The molecule has 6 heteroatoms. The molecular weight excluding hydrogens is 329 g/mol. The van der Waals surface area contributed by atoms with Crippen molar-refractivity contribution in [2.45, 2.75) is 18.8 Å². The number of aromatic nitrogens is 4. The van der Waals surface area contributed by atoms with E-state index in [4.69, 9.17) is 0 Å². The highest BCUT2D eigenvalue weighted by molar-refractivity contribution is 5.89. The second-order valence-corrected chi connectivity index (χ2v) is 6.74. The molecule has 0 spiro atoms. The Balaban J connectivity index is 1.42. The van der Waals surface area contributed by atoms with Crippen molar-refractivity contribution in [1.82, 2.24) is 19.9 Å². The number of benzene rings is 1. The van der Waals surface area contributed by atoms with Crippen LogP contribution in [0, 0.1) is 5.82 Å². The van der Waals surface area contributed by atoms with Gasteiger partial charge in [-0.3, -0.25) is 0 Å². The normalized spacial score (nSPS) is 15.8. The number of nitrogens with zero attached hydrogens (tertiary/aromatic N) is 4. The van der Waals surface area contributed by atoms with Gasteiger partial charge in [0.2, 0.25) is 0 Å². The van der Waals surface area contributed by atoms with Gasteiger partial charge in [-0.1, -0.05) is 6.07 Å². The van der Waals surface area contributed by atoms with E-state index in [1.54, 1.807) is 6.07 Å². The molecule has 4 heterocycles. The summed E-state index contributed by atoms with van der Waals surface area (Å²) in [6.45, 7) is 1.78. The van der Waals surface area contributed by atoms with E-state index in [-0.39, 0.29) is 5.82 Å². The van der Waals surface area contributed by atoms with Gasteiger partial charge < -0.3 is 9.88 Å². The number of halogens is 1. The lowest BCUT2D eigenvalue weighted by molar-refractivity contribution is 0.506. The quantitative estimate of drug-likeness (QED) is 0.595. The molecule has 5 rings (SSSR count). The number of anilines is 1. The van der Waals surface area contributed by atoms with E-state index in [9.17, 15) is 4.39 Å². The first-order chi connectivity index (χ1) is 12.8. The molecule has 1 N–H and O–H groups in total. The molecule has 1 fully saturated rings. The zero-order valence-corrected chi connectivity index (χ0v) is 14.2. The lowest BCUT2D eigenvalue weighted by atomic mass is 9.89. The van der Waals surface area contributed by atoms with Crippen molar-refractivity contribution in [2.24, 2.45) is 0 Å². The van der Waals surface area contributed by atoms with Crippen LogP contribution in [0.15, 0.2) is 49.1 Å². The molecule has 0 amide bonds. The van der Waals surface area contributed by atoms with E-state index in [1.807, 2.05) is 18.3 Å². The highest BCUT2D eigenvalue weighted by Crippen LogP contribution is 2.35. The molecular formula is C20H18FN5. The number of aromatic amines is 1. The van der Waals surface area contributed by atoms with Crippen LogP contribution < -0.4 is 4.90 Å². The lowest BCUT2D eigenvalue weighted by Gasteiger charge is -2.33. The van der Waals surface area contributed by atoms with Crippen molar-refractivity contribution < 1.29 is 4.39 Å². The second-order valence-electron chi connectivity index (χ2n) is 6.74. The fraction of sp³-hybridized carbons (Fsp3) is 0.250. The summed E-state index contributed by atoms with van der Waals surface area (Å²) in [5.41, 5.74) is 2.68. The topological polar surface area (TPSA) is 57.7 Å². The number of hydrogen-bond donors (Lipinski definition) is 1. The predicted octanol–water partition coefficient (Wildman–Crippen LogP) is 4.03. The molecule has 1 aliphatic rings. The summed E-state index contributed by atoms with van der Waals surface area (Å²) in [6, 6.07) is 9.16. The summed E-state index contributed by atoms with van der Waals surface area (Å²) < 4.78 is 14.0. The van der Waals surface area contributed by atoms with E-state index < -0.39 is 0 Å². The van der Waals surface area contributed by atoms with Gasteiger partial charge in [-0.05, 0) is 48.6 Å². The third kappa shape index (κ3) is 2.41. The second kappa shape index (κ2) is 6.05. The van der Waals surface area contributed by atoms with Gasteiger partial charge in [0, 0.05) is 36.3 Å². The van der Waals surface area contributed by atoms with Crippen LogP contribution in [0.1, 0.15) is 24.3 Å². The first-order valence-corrected chi connectivity index (χ1v) is 8.87. The van der Waals surface area contributed by atoms with Crippen LogP contribution in [0.25, 0.3) is 21.9 Å². The Morgan fingerprint density at radius 2 is 1.85 bits per heavy atom. The molecule has 5 nitrogen and oxygen atoms in total. The smallest absolute Gasteiger partial charge is 0.149 e. The third-order valence-electron chi connectivity index (χ3n) is 5.31. The third-order valence-corrected chi connectivity index (χ3v) is 5.31. The average molecular weight is 347 g/mol. The maximum absolute atomic E-state index is 14.0. The van der Waals surface area contributed by atoms with Crippen molar-refractivity contribution in [3.05, 3.63) is 60.4 Å². The first kappa shape index (κ1) is 15.3. The SMILES string of the molecule is Fc1cccc2c(N3CCC(c4c[nH]c5ncccc45)CC3)ncnc12. The fourth-order valence-corrected chi connectivity index (χ4v) is 4.01. The molecule has 26 heavy (non-hydrogen) atoms. The summed E-state index contributed by atoms with van der Waals surface area (Å²) in [7, 11) is 0. The number of nitrogens with one attached hydrogen (secondary N) is 1. The zero-order chi connectivity index (χ0) is 17.5. The van der Waals surface area contributed by atoms with E-state index in [2.05, 4.69) is 37.1 Å². The number of pyridine rings is 1. The highest BCUT2D eigenvalue weighted by Gasteiger charge is 2.25. The monoisotopic (exact) mass is 347 g/mol. The van der Waals surface area contributed by atoms with Crippen LogP contribution >= 0.6 is 0 Å². The minimum absolute atomic E-state index is 0.299. The van der Waals surface area contributed by atoms with E-state index >= 15 is 0 Å². The number of fused-ring (bicyclic) bond motifs is 2. The summed E-state index contributed by atoms with van der Waals surface area (Å²) in [5, 5.41) is 1.99. The van der Waals surface area contributed by atoms with Crippen LogP contribution in [0.5, 0.6) is 0 Å². The number of rotatable bonds is 2. The van der Waals surface area contributed by atoms with Gasteiger partial charge in [-0.2, -0.15) is 0 Å². The Morgan fingerprint density at radius 1 is 1.00 bits per heavy atom. The highest BCUT2D eigenvalue weighted by atomic mass is 19.1. The number of para-hydroxylation sites is 1. The van der Waals surface area contributed by atoms with Gasteiger partial charge in [-0.25, -0.2) is 19.3 Å². The standard InChI is InChI=1S/C20H18FN5/c21-17-5-1-3-15-18(17)24-12-25-20(15)26-9-6-13(7-10-26)16-11-23-19-14(16)4-2-8-22-19/h1-5,8,11-13H,6-7,9-10H2,(H,22,23). The Bertz CT molecular complexity index is 1080. The summed E-state index contributed by atoms with van der Waals surface area (Å²) in [6.07, 6.45) is 7.42. The number of H-pyrrole nitrogens is 1. The average Bonchev–Trinajstić information content (AvgIpc) is 3.12. The van der Waals surface area contributed by atoms with Gasteiger partial charge in [-0.15, -0.1) is 0 Å². The van der Waals surface area contributed by atoms with Gasteiger partial charge in [0.1, 0.15) is 29.1 Å². The van der Waals surface area contributed by atoms with Gasteiger partial charge >= 0.3 is 0 Å². The summed E-state index contributed by atoms with van der Waals surface area (Å²) in [5.74, 6) is 1.02. The molecule has 0 saturated carbocycles. The summed E-state index contributed by atoms with van der Waals surface area (Å²) in [4.78, 5) is 18.4. The Morgan fingerprint density at radius 3 is 2.73 bits per heavy atom. The molecule has 1 aromatic carbocycles. The Labute approximate surface area is 149 Å². The predicted molar refractivity (Wildman–Crippen MR) is 99.8 cm³/mol. The Kier molecular flexibility index (Phi) is 3.55. The number of piperidine rings is 1. The van der Waals surface area contributed by atoms with Crippen LogP contribution in [-0.2, 0) is 0 Å². The molecule has 1 saturated heterocycles. The molecule has 4 aromatic rings. The van der Waals surface area contributed by atoms with E-state index in [0.717, 1.165) is 42.8 Å². The van der Waals surface area contributed by atoms with E-state index in [0.29, 0.717) is 11.4 Å². The maximum Gasteiger partial charge on any atom is 0.149 e. The molecule has 0 radical (unpaired) electrons. The fourth-order valence-electron chi connectivity index (χ4n) is 4.01. The van der Waals surface area contributed by atoms with Crippen molar-refractivity contribution >= 4 is 27.8 Å². The Hall–Kier alpha value is -3.02. The van der Waals surface area contributed by atoms with Gasteiger partial charge in [0.25, 0.3) is 0 Å². The first-order valence-electron chi connectivity index (χ1n) is 8.87. The van der Waals surface area contributed by atoms with Crippen LogP contribution in [0.4, 0.5) is 10.2 Å². The van der Waals surface area contributed by atoms with Crippen molar-refractivity contribution in [2.75, 3.05) is 18.0 Å². The van der Waals surface area contributed by atoms with Crippen molar-refractivity contribution in [3.8, 4) is 0 Å². The largest absolute Gasteiger partial charge is 0.356 e. The van der Waals surface area contributed by atoms with Crippen molar-refractivity contribution in [3.63, 3.8) is 0 Å². The minimum atomic E-state index is -0.299. The molecule has 130 valence electrons. The maximum atomic E-state index is 14.0. The van der Waals surface area contributed by atoms with Crippen LogP contribution in [0.3, 0.4) is 0 Å². The van der Waals surface area contributed by atoms with E-state index in [1.165, 1.54) is 23.3 Å². The van der Waals surface area contributed by atoms with Crippen molar-refractivity contribution in [1.29, 1.82) is 0 Å². The van der Waals surface area contributed by atoms with Crippen LogP contribution in [-0.4, -0.2) is 33.0 Å². The number of hydrogen-bond acceptors (Lipinski definition) is 4.